The Kier molecular flexibility index (Phi) is 12.5. The average molecular weight is 718 g/mol. The second kappa shape index (κ2) is 16.0. The number of rotatable bonds is 16. The van der Waals surface area contributed by atoms with Crippen molar-refractivity contribution in [3.8, 4) is 0 Å². The van der Waals surface area contributed by atoms with Crippen molar-refractivity contribution in [1.29, 1.82) is 0 Å². The van der Waals surface area contributed by atoms with Crippen LogP contribution in [0.1, 0.15) is 46.6 Å². The highest BCUT2D eigenvalue weighted by Crippen LogP contribution is 2.62. The molecule has 19 nitrogen and oxygen atoms in total. The molecule has 21 heteroatoms. The number of hydrogen-bond donors (Lipinski definition) is 4. The van der Waals surface area contributed by atoms with Crippen molar-refractivity contribution in [3.05, 3.63) is 45.8 Å². The molecule has 0 bridgehead atoms. The maximum atomic E-state index is 14.1. The summed E-state index contributed by atoms with van der Waals surface area (Å²) < 4.78 is 50.7. The molecule has 4 heterocycles. The van der Waals surface area contributed by atoms with E-state index < -0.39 is 85.5 Å². The van der Waals surface area contributed by atoms with Crippen molar-refractivity contribution in [2.24, 2.45) is 5.41 Å². The number of ether oxygens (including phenoxy) is 4. The molecule has 1 unspecified atom stereocenters. The minimum atomic E-state index is -4.25. The number of aromatic amines is 1. The monoisotopic (exact) mass is 717 g/mol. The van der Waals surface area contributed by atoms with Gasteiger partial charge in [0.25, 0.3) is 5.56 Å². The molecule has 3 aromatic heterocycles. The first-order valence-electron chi connectivity index (χ1n) is 14.7. The quantitative estimate of drug-likeness (QED) is 0.0913. The third kappa shape index (κ3) is 9.27. The van der Waals surface area contributed by atoms with Crippen LogP contribution < -0.4 is 17.0 Å². The molecule has 266 valence electrons. The molecule has 1 aliphatic heterocycles. The molecule has 0 aliphatic carbocycles. The van der Waals surface area contributed by atoms with Gasteiger partial charge in [0, 0.05) is 37.2 Å². The smallest absolute Gasteiger partial charge is 0.392 e. The lowest BCUT2D eigenvalue weighted by Gasteiger charge is -2.30. The Morgan fingerprint density at radius 1 is 1.29 bits per heavy atom. The molecule has 7 atom stereocenters. The van der Waals surface area contributed by atoms with Crippen LogP contribution in [0, 0.1) is 5.41 Å². The summed E-state index contributed by atoms with van der Waals surface area (Å²) in [6.45, 7) is 0.943. The minimum Gasteiger partial charge on any atom is -0.454 e. The lowest BCUT2D eigenvalue weighted by molar-refractivity contribution is -0.150. The lowest BCUT2D eigenvalue weighted by Crippen LogP contribution is -2.40. The van der Waals surface area contributed by atoms with Gasteiger partial charge in [-0.25, -0.2) is 24.3 Å². The van der Waals surface area contributed by atoms with E-state index in [2.05, 4.69) is 19.9 Å². The number of nitrogens with two attached hydrogens (primary N) is 1. The molecule has 3 aromatic rings. The fourth-order valence-corrected chi connectivity index (χ4v) is 7.40. The Labute approximate surface area is 278 Å². The normalized spacial score (nSPS) is 21.5. The van der Waals surface area contributed by atoms with Gasteiger partial charge in [-0.3, -0.25) is 32.8 Å². The van der Waals surface area contributed by atoms with Crippen LogP contribution in [0.4, 0.5) is 5.82 Å². The fourth-order valence-electron chi connectivity index (χ4n) is 4.50. The number of nitrogen functional groups attached to an aromatic ring is 1. The van der Waals surface area contributed by atoms with Crippen LogP contribution >= 0.6 is 18.2 Å². The number of aliphatic hydroxyl groups excluding tert-OH is 2. The van der Waals surface area contributed by atoms with Gasteiger partial charge in [0.05, 0.1) is 43.8 Å². The molecule has 5 N–H and O–H groups in total. The van der Waals surface area contributed by atoms with E-state index in [1.54, 1.807) is 25.3 Å². The van der Waals surface area contributed by atoms with Crippen LogP contribution in [-0.4, -0.2) is 103 Å². The molecule has 0 spiro atoms. The van der Waals surface area contributed by atoms with Crippen molar-refractivity contribution in [1.82, 2.24) is 29.1 Å². The summed E-state index contributed by atoms with van der Waals surface area (Å²) in [7, 11) is 1.36. The maximum absolute atomic E-state index is 14.1. The van der Waals surface area contributed by atoms with E-state index in [-0.39, 0.29) is 18.8 Å². The highest BCUT2D eigenvalue weighted by molar-refractivity contribution is 8.55. The number of H-pyrrole nitrogens is 1. The van der Waals surface area contributed by atoms with Gasteiger partial charge in [-0.1, -0.05) is 0 Å². The maximum Gasteiger partial charge on any atom is 0.392 e. The highest BCUT2D eigenvalue weighted by atomic mass is 32.7. The predicted octanol–water partition coefficient (Wildman–Crippen LogP) is 0.939. The van der Waals surface area contributed by atoms with Crippen LogP contribution in [-0.2, 0) is 37.4 Å². The number of aliphatic hydroxyl groups is 2. The number of esters is 1. The average Bonchev–Trinajstić information content (AvgIpc) is 3.61. The number of methoxy groups -OCH3 is 1. The summed E-state index contributed by atoms with van der Waals surface area (Å²) in [6, 6.07) is 1.11. The topological polar surface area (TPSA) is 254 Å². The summed E-state index contributed by atoms with van der Waals surface area (Å²) in [5, 5.41) is 21.0. The zero-order valence-corrected chi connectivity index (χ0v) is 28.7. The largest absolute Gasteiger partial charge is 0.454 e. The van der Waals surface area contributed by atoms with E-state index >= 15 is 0 Å². The summed E-state index contributed by atoms with van der Waals surface area (Å²) in [4.78, 5) is 50.8. The molecule has 0 saturated carbocycles. The third-order valence-electron chi connectivity index (χ3n) is 7.11. The van der Waals surface area contributed by atoms with Crippen LogP contribution in [0.2, 0.25) is 0 Å². The molecule has 1 aliphatic rings. The summed E-state index contributed by atoms with van der Waals surface area (Å²) in [6.07, 6.45) is -2.15. The number of aromatic nitrogens is 6. The van der Waals surface area contributed by atoms with Gasteiger partial charge in [0.1, 0.15) is 36.2 Å². The van der Waals surface area contributed by atoms with E-state index in [0.29, 0.717) is 22.5 Å². The third-order valence-corrected chi connectivity index (χ3v) is 10.5. The SMILES string of the molecule is COC[C@@H](O[C@H](CO)[C@@H](C)OP(=O)(OC[C@H]1O[C@@H](n2cnc3c(N)ncnc32)C[C@H]1O)SCOC(=O)C(C)(C)C)n1ccc(=O)[nH]c1=O. The van der Waals surface area contributed by atoms with E-state index in [9.17, 15) is 29.2 Å². The Morgan fingerprint density at radius 3 is 2.71 bits per heavy atom. The van der Waals surface area contributed by atoms with E-state index in [4.69, 9.17) is 33.7 Å². The molecular weight excluding hydrogens is 677 g/mol. The van der Waals surface area contributed by atoms with Gasteiger partial charge in [-0.2, -0.15) is 0 Å². The molecule has 48 heavy (non-hydrogen) atoms. The van der Waals surface area contributed by atoms with Crippen molar-refractivity contribution in [2.45, 2.75) is 71.0 Å². The standard InChI is InChI=1S/C27H40N7O12PS/c1-15(17(9-35)44-21(11-41-5)33-7-6-19(37)32-26(33)39)46-47(40,48-14-42-25(38)27(2,3)4)43-10-18-16(36)8-20(45-18)34-13-31-22-23(28)29-12-30-24(22)34/h6-7,12-13,15-18,20-21,35-36H,8-11,14H2,1-5H3,(H2,28,29,30)(H,32,37,39)/t15-,16-,17-,18-,20-,21-,47?/m1/s1. The Bertz CT molecular complexity index is 1710. The van der Waals surface area contributed by atoms with Gasteiger partial charge >= 0.3 is 18.5 Å². The Balaban J connectivity index is 1.49. The fraction of sp³-hybridized carbons (Fsp3) is 0.630. The van der Waals surface area contributed by atoms with Crippen molar-refractivity contribution in [2.75, 3.05) is 38.6 Å². The molecule has 1 saturated heterocycles. The second-order valence-electron chi connectivity index (χ2n) is 11.8. The zero-order chi connectivity index (χ0) is 35.2. The summed E-state index contributed by atoms with van der Waals surface area (Å²) in [5.41, 5.74) is 4.40. The first-order valence-corrected chi connectivity index (χ1v) is 17.9. The molecule has 0 amide bonds. The van der Waals surface area contributed by atoms with Gasteiger partial charge < -0.3 is 34.9 Å². The number of anilines is 1. The van der Waals surface area contributed by atoms with Crippen molar-refractivity contribution >= 4 is 41.1 Å². The van der Waals surface area contributed by atoms with Gasteiger partial charge in [-0.05, 0) is 27.7 Å². The number of carbonyl (C=O) groups excluding carboxylic acids is 1. The number of nitrogens with zero attached hydrogens (tertiary/aromatic N) is 5. The lowest BCUT2D eigenvalue weighted by atomic mass is 9.98. The first kappa shape index (κ1) is 37.6. The number of nitrogens with one attached hydrogen (secondary N) is 1. The molecule has 1 fully saturated rings. The van der Waals surface area contributed by atoms with Crippen LogP contribution in [0.15, 0.2) is 34.5 Å². The molecule has 0 aromatic carbocycles. The van der Waals surface area contributed by atoms with Gasteiger partial charge in [-0.15, -0.1) is 0 Å². The van der Waals surface area contributed by atoms with E-state index in [0.717, 1.165) is 10.6 Å². The predicted molar refractivity (Wildman–Crippen MR) is 171 cm³/mol. The number of carbonyl (C=O) groups is 1. The highest BCUT2D eigenvalue weighted by Gasteiger charge is 2.40. The van der Waals surface area contributed by atoms with Crippen molar-refractivity contribution < 1.29 is 47.6 Å². The second-order valence-corrected chi connectivity index (χ2v) is 15.8. The van der Waals surface area contributed by atoms with E-state index in [1.165, 1.54) is 32.9 Å². The first-order chi connectivity index (χ1) is 22.7. The molecule has 4 rings (SSSR count). The minimum absolute atomic E-state index is 0.118. The van der Waals surface area contributed by atoms with Crippen LogP contribution in [0.25, 0.3) is 11.2 Å². The van der Waals surface area contributed by atoms with Gasteiger partial charge in [0.2, 0.25) is 0 Å². The molecular formula is C27H40N7O12PS. The number of fused-ring (bicyclic) bond motifs is 1. The zero-order valence-electron chi connectivity index (χ0n) is 27.0. The number of hydrogen-bond acceptors (Lipinski definition) is 17. The Morgan fingerprint density at radius 2 is 2.04 bits per heavy atom. The van der Waals surface area contributed by atoms with Crippen LogP contribution in [0.3, 0.4) is 0 Å². The molecule has 0 radical (unpaired) electrons. The van der Waals surface area contributed by atoms with Gasteiger partial charge in [0.15, 0.2) is 17.7 Å². The summed E-state index contributed by atoms with van der Waals surface area (Å²) in [5.74, 6) is -0.796. The Hall–Kier alpha value is -3.20. The van der Waals surface area contributed by atoms with E-state index in [1.807, 2.05) is 0 Å². The summed E-state index contributed by atoms with van der Waals surface area (Å²) >= 11 is 0.569. The van der Waals surface area contributed by atoms with Crippen molar-refractivity contribution in [3.63, 3.8) is 0 Å². The van der Waals surface area contributed by atoms with Crippen LogP contribution in [0.5, 0.6) is 0 Å². The number of imidazole rings is 1.